The number of thioether (sulfide) groups is 1. The number of anilines is 3. The van der Waals surface area contributed by atoms with Crippen molar-refractivity contribution in [1.29, 1.82) is 0 Å². The number of para-hydroxylation sites is 2. The second kappa shape index (κ2) is 11.8. The number of nitrogens with two attached hydrogens (primary N) is 1. The van der Waals surface area contributed by atoms with E-state index < -0.39 is 0 Å². The Labute approximate surface area is 208 Å². The molecule has 0 aliphatic heterocycles. The van der Waals surface area contributed by atoms with Crippen LogP contribution in [0.1, 0.15) is 31.7 Å². The molecule has 0 atom stereocenters. The Balaban J connectivity index is 1.58. The number of nitrogens with one attached hydrogen (secondary N) is 1. The van der Waals surface area contributed by atoms with E-state index in [4.69, 9.17) is 15.5 Å². The van der Waals surface area contributed by atoms with Crippen molar-refractivity contribution < 1.29 is 4.74 Å². The van der Waals surface area contributed by atoms with Crippen LogP contribution >= 0.6 is 11.8 Å². The fourth-order valence-electron chi connectivity index (χ4n) is 3.68. The number of aromatic nitrogens is 5. The van der Waals surface area contributed by atoms with Crippen LogP contribution in [0.4, 0.5) is 17.6 Å². The van der Waals surface area contributed by atoms with Crippen LogP contribution in [0.15, 0.2) is 58.5 Å². The van der Waals surface area contributed by atoms with Gasteiger partial charge in [-0.3, -0.25) is 9.36 Å². The first-order valence-electron chi connectivity index (χ1n) is 11.6. The van der Waals surface area contributed by atoms with E-state index in [1.165, 1.54) is 11.8 Å². The number of hydrogen-bond acceptors (Lipinski definition) is 9. The van der Waals surface area contributed by atoms with Crippen LogP contribution in [0, 0.1) is 0 Å². The zero-order valence-corrected chi connectivity index (χ0v) is 20.7. The zero-order valence-electron chi connectivity index (χ0n) is 19.9. The fourth-order valence-corrected chi connectivity index (χ4v) is 4.56. The van der Waals surface area contributed by atoms with Crippen molar-refractivity contribution in [2.24, 2.45) is 0 Å². The van der Waals surface area contributed by atoms with E-state index in [0.29, 0.717) is 59.8 Å². The molecule has 0 bridgehead atoms. The van der Waals surface area contributed by atoms with Gasteiger partial charge in [0.2, 0.25) is 11.9 Å². The molecule has 3 N–H and O–H groups in total. The Morgan fingerprint density at radius 3 is 2.66 bits per heavy atom. The highest BCUT2D eigenvalue weighted by atomic mass is 32.2. The molecule has 0 radical (unpaired) electrons. The summed E-state index contributed by atoms with van der Waals surface area (Å²) >= 11 is 1.40. The first-order valence-corrected chi connectivity index (χ1v) is 12.6. The molecule has 9 nitrogen and oxygen atoms in total. The Hall–Kier alpha value is -3.50. The van der Waals surface area contributed by atoms with Gasteiger partial charge in [-0.05, 0) is 43.5 Å². The lowest BCUT2D eigenvalue weighted by molar-refractivity contribution is 0.140. The summed E-state index contributed by atoms with van der Waals surface area (Å²) in [5, 5.41) is 4.45. The van der Waals surface area contributed by atoms with Gasteiger partial charge in [-0.2, -0.15) is 15.0 Å². The minimum atomic E-state index is -0.0664. The first kappa shape index (κ1) is 24.6. The Morgan fingerprint density at radius 1 is 1.03 bits per heavy atom. The topological polar surface area (TPSA) is 121 Å². The lowest BCUT2D eigenvalue weighted by Gasteiger charge is -2.13. The minimum Gasteiger partial charge on any atom is -0.382 e. The smallest absolute Gasteiger partial charge is 0.262 e. The van der Waals surface area contributed by atoms with E-state index in [9.17, 15) is 4.79 Å². The van der Waals surface area contributed by atoms with Crippen molar-refractivity contribution in [3.05, 3.63) is 70.3 Å². The summed E-state index contributed by atoms with van der Waals surface area (Å²) in [7, 11) is 0. The van der Waals surface area contributed by atoms with Gasteiger partial charge in [0.05, 0.1) is 16.7 Å². The molecule has 0 fully saturated rings. The number of fused-ring (bicyclic) bond motifs is 1. The number of hydrogen-bond donors (Lipinski definition) is 2. The summed E-state index contributed by atoms with van der Waals surface area (Å²) < 4.78 is 7.15. The van der Waals surface area contributed by atoms with Gasteiger partial charge in [-0.25, -0.2) is 4.98 Å². The summed E-state index contributed by atoms with van der Waals surface area (Å²) in [5.41, 5.74) is 8.66. The Kier molecular flexibility index (Phi) is 8.27. The molecule has 2 aromatic carbocycles. The molecule has 0 aliphatic carbocycles. The molecular weight excluding hydrogens is 462 g/mol. The largest absolute Gasteiger partial charge is 0.382 e. The van der Waals surface area contributed by atoms with Gasteiger partial charge in [-0.1, -0.05) is 49.0 Å². The maximum absolute atomic E-state index is 13.2. The molecule has 35 heavy (non-hydrogen) atoms. The molecule has 10 heteroatoms. The number of nitrogen functional groups attached to an aromatic ring is 1. The van der Waals surface area contributed by atoms with E-state index in [0.717, 1.165) is 17.7 Å². The van der Waals surface area contributed by atoms with Crippen LogP contribution < -0.4 is 16.6 Å². The Morgan fingerprint density at radius 2 is 1.83 bits per heavy atom. The molecule has 2 aromatic heterocycles. The number of ether oxygens (including phenoxy) is 1. The fraction of sp³-hybridized carbons (Fsp3) is 0.320. The summed E-state index contributed by atoms with van der Waals surface area (Å²) in [4.78, 5) is 31.0. The number of rotatable bonds is 11. The molecule has 0 aliphatic rings. The van der Waals surface area contributed by atoms with Gasteiger partial charge < -0.3 is 15.8 Å². The monoisotopic (exact) mass is 491 g/mol. The maximum Gasteiger partial charge on any atom is 0.262 e. The predicted molar refractivity (Wildman–Crippen MR) is 140 cm³/mol. The molecule has 4 aromatic rings. The number of nitrogens with zero attached hydrogens (tertiary/aromatic N) is 5. The van der Waals surface area contributed by atoms with E-state index >= 15 is 0 Å². The SMILES string of the molecule is CCOCCCn1c(SCc2nc(N)nc(Nc3ccccc3CC)n2)nc2ccccc2c1=O. The highest BCUT2D eigenvalue weighted by Crippen LogP contribution is 2.23. The van der Waals surface area contributed by atoms with Gasteiger partial charge in [0.15, 0.2) is 5.16 Å². The average molecular weight is 492 g/mol. The normalized spacial score (nSPS) is 11.1. The van der Waals surface area contributed by atoms with E-state index in [1.807, 2.05) is 43.3 Å². The van der Waals surface area contributed by atoms with Crippen molar-refractivity contribution in [2.45, 2.75) is 44.1 Å². The lowest BCUT2D eigenvalue weighted by atomic mass is 10.1. The highest BCUT2D eigenvalue weighted by molar-refractivity contribution is 7.98. The third-order valence-electron chi connectivity index (χ3n) is 5.38. The van der Waals surface area contributed by atoms with Crippen LogP contribution in [-0.2, 0) is 23.5 Å². The maximum atomic E-state index is 13.2. The minimum absolute atomic E-state index is 0.0664. The van der Waals surface area contributed by atoms with Crippen molar-refractivity contribution in [1.82, 2.24) is 24.5 Å². The highest BCUT2D eigenvalue weighted by Gasteiger charge is 2.14. The first-order chi connectivity index (χ1) is 17.1. The van der Waals surface area contributed by atoms with Crippen LogP contribution in [-0.4, -0.2) is 37.7 Å². The van der Waals surface area contributed by atoms with Gasteiger partial charge in [0.25, 0.3) is 5.56 Å². The van der Waals surface area contributed by atoms with Gasteiger partial charge in [0, 0.05) is 25.4 Å². The summed E-state index contributed by atoms with van der Waals surface area (Å²) in [5.74, 6) is 1.40. The standard InChI is InChI=1S/C25H29N7O2S/c1-3-17-10-5-7-12-19(17)27-24-30-21(29-23(26)31-24)16-35-25-28-20-13-8-6-11-18(20)22(33)32(25)14-9-15-34-4-2/h5-8,10-13H,3-4,9,14-16H2,1-2H3,(H3,26,27,29,30,31). The van der Waals surface area contributed by atoms with Crippen LogP contribution in [0.25, 0.3) is 10.9 Å². The third-order valence-corrected chi connectivity index (χ3v) is 6.35. The number of aryl methyl sites for hydroxylation is 1. The molecule has 0 amide bonds. The molecule has 0 saturated heterocycles. The van der Waals surface area contributed by atoms with Crippen LogP contribution in [0.5, 0.6) is 0 Å². The van der Waals surface area contributed by atoms with E-state index in [1.54, 1.807) is 10.6 Å². The second-order valence-electron chi connectivity index (χ2n) is 7.78. The van der Waals surface area contributed by atoms with Crippen LogP contribution in [0.2, 0.25) is 0 Å². The molecular formula is C25H29N7O2S. The molecule has 4 rings (SSSR count). The van der Waals surface area contributed by atoms with Gasteiger partial charge in [-0.15, -0.1) is 0 Å². The predicted octanol–water partition coefficient (Wildman–Crippen LogP) is 4.19. The third kappa shape index (κ3) is 6.14. The lowest BCUT2D eigenvalue weighted by Crippen LogP contribution is -2.24. The summed E-state index contributed by atoms with van der Waals surface area (Å²) in [6, 6.07) is 15.4. The molecule has 182 valence electrons. The summed E-state index contributed by atoms with van der Waals surface area (Å²) in [6.07, 6.45) is 1.59. The van der Waals surface area contributed by atoms with Crippen molar-refractivity contribution in [2.75, 3.05) is 24.3 Å². The van der Waals surface area contributed by atoms with Gasteiger partial charge >= 0.3 is 0 Å². The molecule has 0 spiro atoms. The summed E-state index contributed by atoms with van der Waals surface area (Å²) in [6.45, 7) is 5.79. The van der Waals surface area contributed by atoms with Crippen LogP contribution in [0.3, 0.4) is 0 Å². The van der Waals surface area contributed by atoms with E-state index in [-0.39, 0.29) is 11.5 Å². The van der Waals surface area contributed by atoms with E-state index in [2.05, 4.69) is 33.3 Å². The molecule has 2 heterocycles. The van der Waals surface area contributed by atoms with Crippen molar-refractivity contribution in [3.8, 4) is 0 Å². The van der Waals surface area contributed by atoms with Crippen molar-refractivity contribution >= 4 is 40.2 Å². The molecule has 0 unspecified atom stereocenters. The quantitative estimate of drug-likeness (QED) is 0.181. The Bertz CT molecular complexity index is 1360. The van der Waals surface area contributed by atoms with Crippen molar-refractivity contribution in [3.63, 3.8) is 0 Å². The molecule has 0 saturated carbocycles. The zero-order chi connectivity index (χ0) is 24.6. The van der Waals surface area contributed by atoms with Gasteiger partial charge in [0.1, 0.15) is 5.82 Å². The average Bonchev–Trinajstić information content (AvgIpc) is 2.86. The number of benzene rings is 2. The second-order valence-corrected chi connectivity index (χ2v) is 8.72.